The molecule has 1 aromatic heterocycles. The normalized spacial score (nSPS) is 10.5. The van der Waals surface area contributed by atoms with Gasteiger partial charge in [0.15, 0.2) is 0 Å². The summed E-state index contributed by atoms with van der Waals surface area (Å²) in [5.41, 5.74) is 8.62. The SMILES string of the molecule is Cc1cc(N)ccc1C(=O)Nc1cccc2cnccc12. The summed E-state index contributed by atoms with van der Waals surface area (Å²) in [6.07, 6.45) is 3.49. The lowest BCUT2D eigenvalue weighted by atomic mass is 10.1. The number of aromatic nitrogens is 1. The van der Waals surface area contributed by atoms with Crippen LogP contribution in [0.3, 0.4) is 0 Å². The summed E-state index contributed by atoms with van der Waals surface area (Å²) in [6.45, 7) is 1.87. The summed E-state index contributed by atoms with van der Waals surface area (Å²) in [5.74, 6) is -0.142. The third kappa shape index (κ3) is 2.56. The Kier molecular flexibility index (Phi) is 3.28. The maximum Gasteiger partial charge on any atom is 0.255 e. The molecule has 0 bridgehead atoms. The number of pyridine rings is 1. The molecule has 0 saturated heterocycles. The monoisotopic (exact) mass is 277 g/mol. The molecule has 3 N–H and O–H groups in total. The molecule has 4 nitrogen and oxygen atoms in total. The van der Waals surface area contributed by atoms with E-state index in [2.05, 4.69) is 10.3 Å². The lowest BCUT2D eigenvalue weighted by molar-refractivity contribution is 0.102. The van der Waals surface area contributed by atoms with E-state index in [-0.39, 0.29) is 5.91 Å². The second-order valence-corrected chi connectivity index (χ2v) is 4.93. The van der Waals surface area contributed by atoms with Gasteiger partial charge >= 0.3 is 0 Å². The summed E-state index contributed by atoms with van der Waals surface area (Å²) in [4.78, 5) is 16.5. The first-order chi connectivity index (χ1) is 10.1. The molecule has 0 unspecified atom stereocenters. The fourth-order valence-corrected chi connectivity index (χ4v) is 2.36. The van der Waals surface area contributed by atoms with E-state index in [0.29, 0.717) is 11.3 Å². The van der Waals surface area contributed by atoms with Crippen LogP contribution >= 0.6 is 0 Å². The molecule has 0 spiro atoms. The number of nitrogens with one attached hydrogen (secondary N) is 1. The lowest BCUT2D eigenvalue weighted by Gasteiger charge is -2.10. The summed E-state index contributed by atoms with van der Waals surface area (Å²) < 4.78 is 0. The van der Waals surface area contributed by atoms with E-state index < -0.39 is 0 Å². The number of benzene rings is 2. The Labute approximate surface area is 122 Å². The molecule has 104 valence electrons. The maximum absolute atomic E-state index is 12.4. The maximum atomic E-state index is 12.4. The zero-order valence-corrected chi connectivity index (χ0v) is 11.6. The molecule has 0 aliphatic rings. The topological polar surface area (TPSA) is 68.0 Å². The highest BCUT2D eigenvalue weighted by atomic mass is 16.1. The Morgan fingerprint density at radius 1 is 1.19 bits per heavy atom. The average Bonchev–Trinajstić information content (AvgIpc) is 2.47. The van der Waals surface area contributed by atoms with Gasteiger partial charge in [0.2, 0.25) is 0 Å². The van der Waals surface area contributed by atoms with Gasteiger partial charge in [-0.25, -0.2) is 0 Å². The zero-order valence-electron chi connectivity index (χ0n) is 11.6. The number of carbonyl (C=O) groups is 1. The molecule has 0 aliphatic carbocycles. The molecule has 1 heterocycles. The molecule has 4 heteroatoms. The number of amides is 1. The summed E-state index contributed by atoms with van der Waals surface area (Å²) in [6, 6.07) is 12.9. The number of hydrogen-bond acceptors (Lipinski definition) is 3. The number of nitrogens with zero attached hydrogens (tertiary/aromatic N) is 1. The van der Waals surface area contributed by atoms with Gasteiger partial charge in [-0.3, -0.25) is 9.78 Å². The fraction of sp³-hybridized carbons (Fsp3) is 0.0588. The number of aryl methyl sites for hydroxylation is 1. The second kappa shape index (κ2) is 5.25. The predicted molar refractivity (Wildman–Crippen MR) is 85.3 cm³/mol. The van der Waals surface area contributed by atoms with Crippen molar-refractivity contribution in [1.29, 1.82) is 0 Å². The minimum absolute atomic E-state index is 0.142. The summed E-state index contributed by atoms with van der Waals surface area (Å²) >= 11 is 0. The highest BCUT2D eigenvalue weighted by Crippen LogP contribution is 2.23. The van der Waals surface area contributed by atoms with Crippen LogP contribution in [0.2, 0.25) is 0 Å². The van der Waals surface area contributed by atoms with Gasteiger partial charge in [-0.05, 0) is 42.8 Å². The molecule has 0 saturated carbocycles. The Balaban J connectivity index is 1.97. The van der Waals surface area contributed by atoms with E-state index in [1.807, 2.05) is 31.2 Å². The quantitative estimate of drug-likeness (QED) is 0.706. The number of anilines is 2. The van der Waals surface area contributed by atoms with Crippen LogP contribution in [0.1, 0.15) is 15.9 Å². The first-order valence-electron chi connectivity index (χ1n) is 6.65. The third-order valence-electron chi connectivity index (χ3n) is 3.42. The van der Waals surface area contributed by atoms with Crippen molar-refractivity contribution < 1.29 is 4.79 Å². The van der Waals surface area contributed by atoms with Crippen LogP contribution in [0.4, 0.5) is 11.4 Å². The molecular formula is C17H15N3O. The van der Waals surface area contributed by atoms with Gasteiger partial charge < -0.3 is 11.1 Å². The van der Waals surface area contributed by atoms with Crippen LogP contribution in [0.5, 0.6) is 0 Å². The van der Waals surface area contributed by atoms with Gasteiger partial charge in [0.05, 0.1) is 0 Å². The van der Waals surface area contributed by atoms with E-state index in [1.54, 1.807) is 30.6 Å². The molecule has 3 rings (SSSR count). The van der Waals surface area contributed by atoms with Crippen molar-refractivity contribution in [1.82, 2.24) is 4.98 Å². The predicted octanol–water partition coefficient (Wildman–Crippen LogP) is 3.38. The second-order valence-electron chi connectivity index (χ2n) is 4.93. The molecule has 2 aromatic carbocycles. The van der Waals surface area contributed by atoms with Crippen LogP contribution in [-0.4, -0.2) is 10.9 Å². The largest absolute Gasteiger partial charge is 0.399 e. The molecule has 0 radical (unpaired) electrons. The molecule has 21 heavy (non-hydrogen) atoms. The molecule has 3 aromatic rings. The smallest absolute Gasteiger partial charge is 0.255 e. The van der Waals surface area contributed by atoms with Crippen LogP contribution in [0.25, 0.3) is 10.8 Å². The van der Waals surface area contributed by atoms with Crippen LogP contribution in [0.15, 0.2) is 54.9 Å². The number of fused-ring (bicyclic) bond motifs is 1. The van der Waals surface area contributed by atoms with Gasteiger partial charge in [0, 0.05) is 40.1 Å². The standard InChI is InChI=1S/C17H15N3O/c1-11-9-13(18)5-6-14(11)17(21)20-16-4-2-3-12-10-19-8-7-15(12)16/h2-10H,18H2,1H3,(H,20,21). The number of carbonyl (C=O) groups excluding carboxylic acids is 1. The van der Waals surface area contributed by atoms with Crippen molar-refractivity contribution in [2.24, 2.45) is 0 Å². The third-order valence-corrected chi connectivity index (χ3v) is 3.42. The van der Waals surface area contributed by atoms with Gasteiger partial charge in [-0.1, -0.05) is 12.1 Å². The fourth-order valence-electron chi connectivity index (χ4n) is 2.36. The van der Waals surface area contributed by atoms with Crippen LogP contribution in [0, 0.1) is 6.92 Å². The van der Waals surface area contributed by atoms with Crippen LogP contribution < -0.4 is 11.1 Å². The van der Waals surface area contributed by atoms with E-state index in [9.17, 15) is 4.79 Å². The Morgan fingerprint density at radius 3 is 2.86 bits per heavy atom. The van der Waals surface area contributed by atoms with Gasteiger partial charge in [0.1, 0.15) is 0 Å². The van der Waals surface area contributed by atoms with Crippen molar-refractivity contribution in [2.45, 2.75) is 6.92 Å². The van der Waals surface area contributed by atoms with Gasteiger partial charge in [-0.2, -0.15) is 0 Å². The van der Waals surface area contributed by atoms with Gasteiger partial charge in [-0.15, -0.1) is 0 Å². The highest BCUT2D eigenvalue weighted by Gasteiger charge is 2.10. The van der Waals surface area contributed by atoms with E-state index >= 15 is 0 Å². The Morgan fingerprint density at radius 2 is 2.05 bits per heavy atom. The summed E-state index contributed by atoms with van der Waals surface area (Å²) in [5, 5.41) is 4.91. The van der Waals surface area contributed by atoms with Crippen molar-refractivity contribution in [3.8, 4) is 0 Å². The van der Waals surface area contributed by atoms with Crippen LogP contribution in [-0.2, 0) is 0 Å². The highest BCUT2D eigenvalue weighted by molar-refractivity contribution is 6.09. The summed E-state index contributed by atoms with van der Waals surface area (Å²) in [7, 11) is 0. The number of nitrogens with two attached hydrogens (primary N) is 1. The first-order valence-corrected chi connectivity index (χ1v) is 6.65. The molecule has 0 atom stereocenters. The zero-order chi connectivity index (χ0) is 14.8. The van der Waals surface area contributed by atoms with Crippen molar-refractivity contribution in [3.63, 3.8) is 0 Å². The van der Waals surface area contributed by atoms with Crippen molar-refractivity contribution >= 4 is 28.1 Å². The molecule has 0 fully saturated rings. The van der Waals surface area contributed by atoms with Gasteiger partial charge in [0.25, 0.3) is 5.91 Å². The minimum atomic E-state index is -0.142. The van der Waals surface area contributed by atoms with Crippen molar-refractivity contribution in [3.05, 3.63) is 66.0 Å². The first kappa shape index (κ1) is 13.1. The Hall–Kier alpha value is -2.88. The average molecular weight is 277 g/mol. The number of nitrogen functional groups attached to an aromatic ring is 1. The molecular weight excluding hydrogens is 262 g/mol. The minimum Gasteiger partial charge on any atom is -0.399 e. The number of rotatable bonds is 2. The lowest BCUT2D eigenvalue weighted by Crippen LogP contribution is -2.13. The Bertz CT molecular complexity index is 822. The molecule has 1 amide bonds. The van der Waals surface area contributed by atoms with E-state index in [4.69, 9.17) is 5.73 Å². The van der Waals surface area contributed by atoms with Crippen molar-refractivity contribution in [2.75, 3.05) is 11.1 Å². The molecule has 0 aliphatic heterocycles. The van der Waals surface area contributed by atoms with E-state index in [0.717, 1.165) is 22.0 Å². The number of hydrogen-bond donors (Lipinski definition) is 2. The van der Waals surface area contributed by atoms with E-state index in [1.165, 1.54) is 0 Å².